The number of phenols is 1. The lowest BCUT2D eigenvalue weighted by Crippen LogP contribution is -1.95. The van der Waals surface area contributed by atoms with Crippen LogP contribution in [0.2, 0.25) is 0 Å². The first kappa shape index (κ1) is 12.5. The van der Waals surface area contributed by atoms with Crippen molar-refractivity contribution in [2.45, 2.75) is 20.0 Å². The Kier molecular flexibility index (Phi) is 3.29. The molecular weight excluding hydrogens is 254 g/mol. The van der Waals surface area contributed by atoms with Gasteiger partial charge in [-0.05, 0) is 36.2 Å². The molecule has 0 amide bonds. The summed E-state index contributed by atoms with van der Waals surface area (Å²) in [5.41, 5.74) is 2.54. The van der Waals surface area contributed by atoms with Gasteiger partial charge in [0.1, 0.15) is 17.0 Å². The van der Waals surface area contributed by atoms with Crippen LogP contribution in [-0.4, -0.2) is 10.1 Å². The summed E-state index contributed by atoms with van der Waals surface area (Å²) in [7, 11) is 0. The minimum absolute atomic E-state index is 0.174. The summed E-state index contributed by atoms with van der Waals surface area (Å²) in [5, 5.41) is 9.38. The monoisotopic (exact) mass is 269 g/mol. The summed E-state index contributed by atoms with van der Waals surface area (Å²) in [6.45, 7) is 2.38. The highest BCUT2D eigenvalue weighted by molar-refractivity contribution is 5.74. The number of aromatic hydroxyl groups is 1. The van der Waals surface area contributed by atoms with Crippen LogP contribution in [0.15, 0.2) is 46.9 Å². The quantitative estimate of drug-likeness (QED) is 0.785. The fraction of sp³-hybridized carbons (Fsp3) is 0.188. The van der Waals surface area contributed by atoms with Crippen molar-refractivity contribution in [1.29, 1.82) is 0 Å². The average molecular weight is 269 g/mol. The van der Waals surface area contributed by atoms with E-state index in [4.69, 9.17) is 9.15 Å². The Morgan fingerprint density at radius 2 is 1.95 bits per heavy atom. The fourth-order valence-corrected chi connectivity index (χ4v) is 1.99. The molecule has 102 valence electrons. The highest BCUT2D eigenvalue weighted by Crippen LogP contribution is 2.21. The van der Waals surface area contributed by atoms with E-state index >= 15 is 0 Å². The van der Waals surface area contributed by atoms with Gasteiger partial charge in [-0.3, -0.25) is 0 Å². The minimum atomic E-state index is 0.174. The lowest BCUT2D eigenvalue weighted by Gasteiger charge is -2.04. The summed E-state index contributed by atoms with van der Waals surface area (Å²) in [6, 6.07) is 12.8. The maximum Gasteiger partial charge on any atom is 0.233 e. The summed E-state index contributed by atoms with van der Waals surface area (Å²) < 4.78 is 11.2. The lowest BCUT2D eigenvalue weighted by molar-refractivity contribution is 0.267. The van der Waals surface area contributed by atoms with Crippen LogP contribution in [0.4, 0.5) is 0 Å². The molecule has 0 fully saturated rings. The normalized spacial score (nSPS) is 10.8. The second-order valence-corrected chi connectivity index (χ2v) is 4.55. The summed E-state index contributed by atoms with van der Waals surface area (Å²) in [5.74, 6) is 1.45. The number of nitrogens with zero attached hydrogens (tertiary/aromatic N) is 1. The van der Waals surface area contributed by atoms with Gasteiger partial charge < -0.3 is 14.3 Å². The molecule has 0 aliphatic heterocycles. The lowest BCUT2D eigenvalue weighted by atomic mass is 10.2. The summed E-state index contributed by atoms with van der Waals surface area (Å²) in [6.07, 6.45) is 1.01. The third kappa shape index (κ3) is 2.59. The van der Waals surface area contributed by atoms with E-state index < -0.39 is 0 Å². The van der Waals surface area contributed by atoms with E-state index in [1.54, 1.807) is 18.2 Å². The molecule has 0 radical (unpaired) electrons. The maximum atomic E-state index is 9.38. The Bertz CT molecular complexity index is 716. The van der Waals surface area contributed by atoms with Gasteiger partial charge in [0.25, 0.3) is 0 Å². The molecule has 0 atom stereocenters. The van der Waals surface area contributed by atoms with Crippen LogP contribution in [0.1, 0.15) is 18.4 Å². The number of oxazole rings is 1. The Balaban J connectivity index is 1.72. The number of phenolic OH excluding ortho intramolecular Hbond substituents is 1. The fourth-order valence-electron chi connectivity index (χ4n) is 1.99. The van der Waals surface area contributed by atoms with Crippen molar-refractivity contribution in [3.05, 3.63) is 53.9 Å². The summed E-state index contributed by atoms with van der Waals surface area (Å²) >= 11 is 0. The molecule has 3 aromatic rings. The van der Waals surface area contributed by atoms with Crippen LogP contribution in [0, 0.1) is 0 Å². The van der Waals surface area contributed by atoms with Crippen LogP contribution in [0.25, 0.3) is 11.1 Å². The second-order valence-electron chi connectivity index (χ2n) is 4.55. The predicted molar refractivity (Wildman–Crippen MR) is 75.8 cm³/mol. The van der Waals surface area contributed by atoms with Crippen LogP contribution in [-0.2, 0) is 13.0 Å². The van der Waals surface area contributed by atoms with E-state index in [0.717, 1.165) is 12.2 Å². The number of rotatable bonds is 4. The predicted octanol–water partition coefficient (Wildman–Crippen LogP) is 3.67. The summed E-state index contributed by atoms with van der Waals surface area (Å²) in [4.78, 5) is 4.27. The van der Waals surface area contributed by atoms with E-state index in [9.17, 15) is 5.11 Å². The molecule has 0 bridgehead atoms. The van der Waals surface area contributed by atoms with Gasteiger partial charge in [-0.15, -0.1) is 0 Å². The molecule has 1 aromatic heterocycles. The van der Waals surface area contributed by atoms with Crippen LogP contribution in [0.3, 0.4) is 0 Å². The highest BCUT2D eigenvalue weighted by atomic mass is 16.5. The van der Waals surface area contributed by atoms with Crippen LogP contribution in [0.5, 0.6) is 11.5 Å². The van der Waals surface area contributed by atoms with Crippen LogP contribution >= 0.6 is 0 Å². The smallest absolute Gasteiger partial charge is 0.233 e. The third-order valence-corrected chi connectivity index (χ3v) is 3.11. The van der Waals surface area contributed by atoms with Crippen molar-refractivity contribution in [1.82, 2.24) is 4.98 Å². The maximum absolute atomic E-state index is 9.38. The Morgan fingerprint density at radius 1 is 1.15 bits per heavy atom. The van der Waals surface area contributed by atoms with Gasteiger partial charge in [-0.1, -0.05) is 19.1 Å². The molecule has 0 spiro atoms. The number of hydrogen-bond donors (Lipinski definition) is 1. The van der Waals surface area contributed by atoms with Crippen molar-refractivity contribution < 1.29 is 14.3 Å². The standard InChI is InChI=1S/C16H15NO3/c1-2-11-3-6-13(7-4-11)19-10-16-17-14-9-12(18)5-8-15(14)20-16/h3-9,18H,2,10H2,1H3. The molecule has 1 N–H and O–H groups in total. The van der Waals surface area contributed by atoms with Crippen molar-refractivity contribution in [3.8, 4) is 11.5 Å². The molecule has 3 rings (SSSR count). The molecule has 0 saturated carbocycles. The largest absolute Gasteiger partial charge is 0.508 e. The molecular formula is C16H15NO3. The second kappa shape index (κ2) is 5.25. The number of ether oxygens (including phenoxy) is 1. The zero-order chi connectivity index (χ0) is 13.9. The van der Waals surface area contributed by atoms with Gasteiger partial charge >= 0.3 is 0 Å². The molecule has 1 heterocycles. The Hall–Kier alpha value is -2.49. The third-order valence-electron chi connectivity index (χ3n) is 3.11. The zero-order valence-electron chi connectivity index (χ0n) is 11.2. The van der Waals surface area contributed by atoms with Gasteiger partial charge in [0, 0.05) is 6.07 Å². The molecule has 0 aliphatic carbocycles. The van der Waals surface area contributed by atoms with Crippen LogP contribution < -0.4 is 4.74 Å². The van der Waals surface area contributed by atoms with Gasteiger partial charge in [-0.25, -0.2) is 4.98 Å². The number of aryl methyl sites for hydroxylation is 1. The Labute approximate surface area is 116 Å². The zero-order valence-corrected chi connectivity index (χ0v) is 11.2. The minimum Gasteiger partial charge on any atom is -0.508 e. The number of aromatic nitrogens is 1. The first-order valence-corrected chi connectivity index (χ1v) is 6.55. The molecule has 4 heteroatoms. The first-order chi connectivity index (χ1) is 9.74. The number of fused-ring (bicyclic) bond motifs is 1. The molecule has 0 aliphatic rings. The number of hydrogen-bond acceptors (Lipinski definition) is 4. The highest BCUT2D eigenvalue weighted by Gasteiger charge is 2.07. The topological polar surface area (TPSA) is 55.5 Å². The van der Waals surface area contributed by atoms with Gasteiger partial charge in [0.15, 0.2) is 12.2 Å². The van der Waals surface area contributed by atoms with Gasteiger partial charge in [0.2, 0.25) is 5.89 Å². The molecule has 0 unspecified atom stereocenters. The molecule has 0 saturated heterocycles. The van der Waals surface area contributed by atoms with Gasteiger partial charge in [0.05, 0.1) is 0 Å². The van der Waals surface area contributed by atoms with Gasteiger partial charge in [-0.2, -0.15) is 0 Å². The van der Waals surface area contributed by atoms with E-state index in [1.165, 1.54) is 5.56 Å². The SMILES string of the molecule is CCc1ccc(OCc2nc3cc(O)ccc3o2)cc1. The molecule has 20 heavy (non-hydrogen) atoms. The van der Waals surface area contributed by atoms with E-state index in [0.29, 0.717) is 17.0 Å². The van der Waals surface area contributed by atoms with Crippen molar-refractivity contribution in [2.75, 3.05) is 0 Å². The molecule has 2 aromatic carbocycles. The Morgan fingerprint density at radius 3 is 2.70 bits per heavy atom. The van der Waals surface area contributed by atoms with E-state index in [2.05, 4.69) is 11.9 Å². The average Bonchev–Trinajstić information content (AvgIpc) is 2.87. The van der Waals surface area contributed by atoms with E-state index in [1.807, 2.05) is 24.3 Å². The first-order valence-electron chi connectivity index (χ1n) is 6.55. The van der Waals surface area contributed by atoms with Crippen molar-refractivity contribution >= 4 is 11.1 Å². The van der Waals surface area contributed by atoms with E-state index in [-0.39, 0.29) is 12.4 Å². The molecule has 4 nitrogen and oxygen atoms in total. The van der Waals surface area contributed by atoms with Crippen molar-refractivity contribution in [2.24, 2.45) is 0 Å². The number of benzene rings is 2. The van der Waals surface area contributed by atoms with Crippen molar-refractivity contribution in [3.63, 3.8) is 0 Å².